The molecule has 76 valence electrons. The normalized spacial score (nSPS) is 43.1. The highest BCUT2D eigenvalue weighted by molar-refractivity contribution is 6.33. The summed E-state index contributed by atoms with van der Waals surface area (Å²) in [6.07, 6.45) is 0. The average molecular weight is 205 g/mol. The third-order valence-electron chi connectivity index (χ3n) is 3.50. The molecule has 0 heterocycles. The number of alkyl halides is 1. The molecule has 0 unspecified atom stereocenters. The van der Waals surface area contributed by atoms with Crippen LogP contribution in [-0.4, -0.2) is 22.9 Å². The zero-order valence-corrected chi connectivity index (χ0v) is 9.66. The number of Topliss-reactive ketones (excluding diaryl/α,β-unsaturated/α-hetero) is 1. The van der Waals surface area contributed by atoms with Gasteiger partial charge in [-0.1, -0.05) is 13.8 Å². The second-order valence-corrected chi connectivity index (χ2v) is 5.18. The molecule has 0 amide bonds. The van der Waals surface area contributed by atoms with Crippen LogP contribution < -0.4 is 0 Å². The minimum atomic E-state index is -0.813. The van der Waals surface area contributed by atoms with Crippen LogP contribution in [0.1, 0.15) is 34.6 Å². The monoisotopic (exact) mass is 204 g/mol. The molecule has 0 aromatic rings. The number of carbonyl (C=O) groups excluding carboxylic acids is 1. The molecule has 1 saturated carbocycles. The molecule has 0 bridgehead atoms. The molecule has 0 aliphatic heterocycles. The van der Waals surface area contributed by atoms with Gasteiger partial charge in [-0.3, -0.25) is 4.79 Å². The summed E-state index contributed by atoms with van der Waals surface area (Å²) in [6, 6.07) is 0. The Morgan fingerprint density at radius 3 is 2.08 bits per heavy atom. The SMILES string of the molecule is CCO[C@@]1(C)C(=O)C(C)(C)[C@]1(C)Cl. The molecular formula is C10H17ClO2. The van der Waals surface area contributed by atoms with E-state index in [4.69, 9.17) is 16.3 Å². The Kier molecular flexibility index (Phi) is 2.29. The zero-order valence-electron chi connectivity index (χ0n) is 8.90. The lowest BCUT2D eigenvalue weighted by atomic mass is 9.52. The molecule has 1 rings (SSSR count). The summed E-state index contributed by atoms with van der Waals surface area (Å²) in [5.41, 5.74) is -1.30. The van der Waals surface area contributed by atoms with Crippen LogP contribution in [-0.2, 0) is 9.53 Å². The van der Waals surface area contributed by atoms with E-state index in [0.29, 0.717) is 6.61 Å². The standard InChI is InChI=1S/C10H17ClO2/c1-6-13-9(4)7(12)8(2,3)10(9,5)11/h6H2,1-5H3/t9-,10-/m0/s1. The van der Waals surface area contributed by atoms with Crippen molar-refractivity contribution in [2.24, 2.45) is 5.41 Å². The van der Waals surface area contributed by atoms with E-state index in [0.717, 1.165) is 0 Å². The van der Waals surface area contributed by atoms with E-state index in [1.54, 1.807) is 6.92 Å². The third-order valence-corrected chi connectivity index (χ3v) is 4.34. The van der Waals surface area contributed by atoms with Crippen LogP contribution in [0, 0.1) is 5.41 Å². The van der Waals surface area contributed by atoms with Gasteiger partial charge in [0.15, 0.2) is 5.78 Å². The quantitative estimate of drug-likeness (QED) is 0.646. The van der Waals surface area contributed by atoms with Crippen LogP contribution in [0.15, 0.2) is 0 Å². The van der Waals surface area contributed by atoms with Gasteiger partial charge in [-0.25, -0.2) is 0 Å². The summed E-state index contributed by atoms with van der Waals surface area (Å²) in [7, 11) is 0. The van der Waals surface area contributed by atoms with Crippen LogP contribution >= 0.6 is 11.6 Å². The molecule has 1 fully saturated rings. The van der Waals surface area contributed by atoms with Crippen molar-refractivity contribution >= 4 is 17.4 Å². The molecule has 0 aromatic carbocycles. The highest BCUT2D eigenvalue weighted by Gasteiger charge is 2.72. The van der Waals surface area contributed by atoms with Crippen molar-refractivity contribution in [1.82, 2.24) is 0 Å². The van der Waals surface area contributed by atoms with E-state index >= 15 is 0 Å². The Hall–Kier alpha value is -0.0800. The van der Waals surface area contributed by atoms with Crippen molar-refractivity contribution in [3.05, 3.63) is 0 Å². The van der Waals surface area contributed by atoms with Gasteiger partial charge in [0.25, 0.3) is 0 Å². The van der Waals surface area contributed by atoms with Crippen molar-refractivity contribution in [1.29, 1.82) is 0 Å². The van der Waals surface area contributed by atoms with E-state index in [2.05, 4.69) is 0 Å². The fraction of sp³-hybridized carbons (Fsp3) is 0.900. The first-order chi connectivity index (χ1) is 5.72. The average Bonchev–Trinajstić information content (AvgIpc) is 2.02. The van der Waals surface area contributed by atoms with Crippen molar-refractivity contribution in [2.45, 2.75) is 45.1 Å². The van der Waals surface area contributed by atoms with Crippen LogP contribution in [0.4, 0.5) is 0 Å². The van der Waals surface area contributed by atoms with Crippen molar-refractivity contribution in [3.8, 4) is 0 Å². The maximum absolute atomic E-state index is 11.8. The Labute approximate surface area is 84.6 Å². The van der Waals surface area contributed by atoms with Gasteiger partial charge in [-0.05, 0) is 20.8 Å². The Balaban J connectivity index is 3.00. The van der Waals surface area contributed by atoms with Crippen LogP contribution in [0.2, 0.25) is 0 Å². The molecule has 2 atom stereocenters. The second kappa shape index (κ2) is 2.71. The number of hydrogen-bond acceptors (Lipinski definition) is 2. The minimum Gasteiger partial charge on any atom is -0.366 e. The molecule has 0 saturated heterocycles. The highest BCUT2D eigenvalue weighted by atomic mass is 35.5. The highest BCUT2D eigenvalue weighted by Crippen LogP contribution is 2.58. The van der Waals surface area contributed by atoms with Gasteiger partial charge in [0.1, 0.15) is 5.60 Å². The molecule has 0 N–H and O–H groups in total. The Morgan fingerprint density at radius 2 is 1.77 bits per heavy atom. The molecule has 2 nitrogen and oxygen atoms in total. The van der Waals surface area contributed by atoms with Gasteiger partial charge in [0.05, 0.1) is 4.87 Å². The molecular weight excluding hydrogens is 188 g/mol. The van der Waals surface area contributed by atoms with Crippen molar-refractivity contribution < 1.29 is 9.53 Å². The number of hydrogen-bond donors (Lipinski definition) is 0. The fourth-order valence-corrected chi connectivity index (χ4v) is 2.27. The lowest BCUT2D eigenvalue weighted by molar-refractivity contribution is -0.189. The van der Waals surface area contributed by atoms with Crippen LogP contribution in [0.3, 0.4) is 0 Å². The van der Waals surface area contributed by atoms with Gasteiger partial charge in [-0.15, -0.1) is 11.6 Å². The summed E-state index contributed by atoms with van der Waals surface area (Å²) < 4.78 is 5.45. The minimum absolute atomic E-state index is 0.0966. The summed E-state index contributed by atoms with van der Waals surface area (Å²) in [5, 5.41) is 0. The number of ether oxygens (including phenoxy) is 1. The van der Waals surface area contributed by atoms with E-state index < -0.39 is 15.9 Å². The maximum atomic E-state index is 11.8. The van der Waals surface area contributed by atoms with E-state index in [9.17, 15) is 4.79 Å². The first kappa shape index (κ1) is 11.0. The van der Waals surface area contributed by atoms with E-state index in [1.807, 2.05) is 27.7 Å². The first-order valence-electron chi connectivity index (χ1n) is 4.59. The zero-order chi connectivity index (χ0) is 10.5. The summed E-state index contributed by atoms with van der Waals surface area (Å²) in [6.45, 7) is 9.76. The number of ketones is 1. The summed E-state index contributed by atoms with van der Waals surface area (Å²) >= 11 is 6.33. The molecule has 13 heavy (non-hydrogen) atoms. The van der Waals surface area contributed by atoms with Gasteiger partial charge >= 0.3 is 0 Å². The van der Waals surface area contributed by atoms with Gasteiger partial charge < -0.3 is 4.74 Å². The van der Waals surface area contributed by atoms with Gasteiger partial charge in [-0.2, -0.15) is 0 Å². The van der Waals surface area contributed by atoms with E-state index in [-0.39, 0.29) is 5.78 Å². The number of halogens is 1. The number of carbonyl (C=O) groups is 1. The third kappa shape index (κ3) is 1.02. The topological polar surface area (TPSA) is 26.3 Å². The lowest BCUT2D eigenvalue weighted by Crippen LogP contribution is -2.76. The molecule has 1 aliphatic rings. The van der Waals surface area contributed by atoms with Crippen LogP contribution in [0.25, 0.3) is 0 Å². The Bertz CT molecular complexity index is 245. The number of rotatable bonds is 2. The van der Waals surface area contributed by atoms with E-state index in [1.165, 1.54) is 0 Å². The van der Waals surface area contributed by atoms with Crippen molar-refractivity contribution in [3.63, 3.8) is 0 Å². The lowest BCUT2D eigenvalue weighted by Gasteiger charge is -2.60. The summed E-state index contributed by atoms with van der Waals surface area (Å²) in [5.74, 6) is 0.0966. The predicted octanol–water partition coefficient (Wildman–Crippen LogP) is 2.39. The predicted molar refractivity (Wildman–Crippen MR) is 53.1 cm³/mol. The molecule has 1 aliphatic carbocycles. The first-order valence-corrected chi connectivity index (χ1v) is 4.97. The fourth-order valence-electron chi connectivity index (χ4n) is 2.05. The molecule has 0 aromatic heterocycles. The summed E-state index contributed by atoms with van der Waals surface area (Å²) in [4.78, 5) is 11.2. The van der Waals surface area contributed by atoms with Gasteiger partial charge in [0.2, 0.25) is 0 Å². The smallest absolute Gasteiger partial charge is 0.173 e. The second-order valence-electron chi connectivity index (χ2n) is 4.42. The molecule has 0 spiro atoms. The molecule has 0 radical (unpaired) electrons. The van der Waals surface area contributed by atoms with Crippen LogP contribution in [0.5, 0.6) is 0 Å². The molecule has 3 heteroatoms. The van der Waals surface area contributed by atoms with Crippen molar-refractivity contribution in [2.75, 3.05) is 6.61 Å². The van der Waals surface area contributed by atoms with Gasteiger partial charge in [0, 0.05) is 12.0 Å². The largest absolute Gasteiger partial charge is 0.366 e. The Morgan fingerprint density at radius 1 is 1.31 bits per heavy atom. The maximum Gasteiger partial charge on any atom is 0.173 e.